The van der Waals surface area contributed by atoms with Crippen LogP contribution in [0.15, 0.2) is 120 Å². The molecular formula is C37H33N3. The molecule has 3 nitrogen and oxygen atoms in total. The maximum atomic E-state index is 9.65. The molecule has 0 bridgehead atoms. The summed E-state index contributed by atoms with van der Waals surface area (Å²) in [5.74, 6) is 1.17. The first-order valence-corrected chi connectivity index (χ1v) is 14.5. The monoisotopic (exact) mass is 519 g/mol. The number of hydrogen-bond donors (Lipinski definition) is 0. The second-order valence-electron chi connectivity index (χ2n) is 11.5. The fourth-order valence-corrected chi connectivity index (χ4v) is 6.97. The number of nitrogens with zero attached hydrogens (tertiary/aromatic N) is 3. The van der Waals surface area contributed by atoms with Crippen LogP contribution in [0, 0.1) is 17.2 Å². The third-order valence-electron chi connectivity index (χ3n) is 8.95. The lowest BCUT2D eigenvalue weighted by atomic mass is 9.81. The van der Waals surface area contributed by atoms with E-state index in [1.54, 1.807) is 6.20 Å². The average Bonchev–Trinajstić information content (AvgIpc) is 3.34. The molecule has 2 aliphatic heterocycles. The Morgan fingerprint density at radius 1 is 0.925 bits per heavy atom. The van der Waals surface area contributed by atoms with Gasteiger partial charge in [0, 0.05) is 35.6 Å². The molecule has 7 rings (SSSR count). The molecule has 0 amide bonds. The zero-order valence-electron chi connectivity index (χ0n) is 22.9. The van der Waals surface area contributed by atoms with Gasteiger partial charge < -0.3 is 4.90 Å². The summed E-state index contributed by atoms with van der Waals surface area (Å²) < 4.78 is 0. The van der Waals surface area contributed by atoms with E-state index in [0.717, 1.165) is 24.8 Å². The molecule has 4 aliphatic rings. The fourth-order valence-electron chi connectivity index (χ4n) is 6.97. The minimum absolute atomic E-state index is 0.0782. The molecule has 4 unspecified atom stereocenters. The zero-order chi connectivity index (χ0) is 27.1. The van der Waals surface area contributed by atoms with Crippen LogP contribution in [-0.4, -0.2) is 12.3 Å². The van der Waals surface area contributed by atoms with Gasteiger partial charge in [-0.1, -0.05) is 85.8 Å². The lowest BCUT2D eigenvalue weighted by Crippen LogP contribution is -2.34. The average molecular weight is 520 g/mol. The Balaban J connectivity index is 1.25. The van der Waals surface area contributed by atoms with Crippen LogP contribution >= 0.6 is 0 Å². The number of nitriles is 1. The number of aliphatic imine (C=N–C) groups is 1. The van der Waals surface area contributed by atoms with Crippen LogP contribution in [0.25, 0.3) is 16.7 Å². The molecule has 0 N–H and O–H groups in total. The van der Waals surface area contributed by atoms with Crippen LogP contribution in [0.5, 0.6) is 0 Å². The first kappa shape index (κ1) is 24.6. The van der Waals surface area contributed by atoms with Crippen LogP contribution in [0.2, 0.25) is 0 Å². The summed E-state index contributed by atoms with van der Waals surface area (Å²) in [6, 6.07) is 29.3. The summed E-state index contributed by atoms with van der Waals surface area (Å²) in [5, 5.41) is 9.65. The molecule has 2 heterocycles. The zero-order valence-corrected chi connectivity index (χ0v) is 22.9. The summed E-state index contributed by atoms with van der Waals surface area (Å²) in [6.45, 7) is 2.34. The predicted octanol–water partition coefficient (Wildman–Crippen LogP) is 8.95. The molecule has 3 aromatic carbocycles. The lowest BCUT2D eigenvalue weighted by Gasteiger charge is -2.34. The minimum Gasteiger partial charge on any atom is -0.337 e. The number of anilines is 1. The summed E-state index contributed by atoms with van der Waals surface area (Å²) in [6.07, 6.45) is 17.3. The second kappa shape index (κ2) is 10.3. The number of allylic oxidation sites excluding steroid dienone is 6. The molecule has 40 heavy (non-hydrogen) atoms. The highest BCUT2D eigenvalue weighted by molar-refractivity contribution is 5.80. The van der Waals surface area contributed by atoms with Crippen molar-refractivity contribution in [2.24, 2.45) is 10.9 Å². The Labute approximate surface area is 237 Å². The van der Waals surface area contributed by atoms with Crippen molar-refractivity contribution in [2.75, 3.05) is 4.90 Å². The van der Waals surface area contributed by atoms with Gasteiger partial charge in [-0.05, 0) is 83.2 Å². The van der Waals surface area contributed by atoms with Gasteiger partial charge in [-0.15, -0.1) is 0 Å². The van der Waals surface area contributed by atoms with Crippen molar-refractivity contribution >= 4 is 17.5 Å². The van der Waals surface area contributed by atoms with Crippen LogP contribution in [0.4, 0.5) is 5.69 Å². The SMILES string of the molecule is CC1C=CC2C(C1)c1cc(-c3ccccc3)ccc1N2C1=CC(c2cccc(C3CC=NC=C3C#N)c2)=CCC1. The Morgan fingerprint density at radius 2 is 1.80 bits per heavy atom. The topological polar surface area (TPSA) is 39.4 Å². The molecule has 0 aromatic heterocycles. The minimum atomic E-state index is 0.0782. The molecule has 196 valence electrons. The maximum absolute atomic E-state index is 9.65. The highest BCUT2D eigenvalue weighted by Crippen LogP contribution is 2.51. The van der Waals surface area contributed by atoms with E-state index in [2.05, 4.69) is 120 Å². The summed E-state index contributed by atoms with van der Waals surface area (Å²) in [7, 11) is 0. The molecule has 0 fully saturated rings. The van der Waals surface area contributed by atoms with E-state index in [4.69, 9.17) is 0 Å². The normalized spacial score (nSPS) is 24.9. The van der Waals surface area contributed by atoms with Crippen molar-refractivity contribution in [3.63, 3.8) is 0 Å². The quantitative estimate of drug-likeness (QED) is 0.323. The predicted molar refractivity (Wildman–Crippen MR) is 165 cm³/mol. The van der Waals surface area contributed by atoms with Crippen molar-refractivity contribution < 1.29 is 0 Å². The molecule has 4 atom stereocenters. The van der Waals surface area contributed by atoms with E-state index in [0.29, 0.717) is 17.9 Å². The molecule has 0 radical (unpaired) electrons. The maximum Gasteiger partial charge on any atom is 0.0969 e. The second-order valence-corrected chi connectivity index (χ2v) is 11.5. The van der Waals surface area contributed by atoms with Crippen LogP contribution in [-0.2, 0) is 0 Å². The van der Waals surface area contributed by atoms with Gasteiger partial charge in [-0.3, -0.25) is 4.99 Å². The third-order valence-corrected chi connectivity index (χ3v) is 8.95. The van der Waals surface area contributed by atoms with Gasteiger partial charge in [0.25, 0.3) is 0 Å². The molecule has 0 saturated carbocycles. The smallest absolute Gasteiger partial charge is 0.0969 e. The summed E-state index contributed by atoms with van der Waals surface area (Å²) in [4.78, 5) is 6.84. The molecular weight excluding hydrogens is 486 g/mol. The van der Waals surface area contributed by atoms with Gasteiger partial charge in [-0.25, -0.2) is 0 Å². The first-order chi connectivity index (χ1) is 19.7. The van der Waals surface area contributed by atoms with E-state index in [1.165, 1.54) is 51.2 Å². The van der Waals surface area contributed by atoms with Crippen molar-refractivity contribution in [1.82, 2.24) is 0 Å². The summed E-state index contributed by atoms with van der Waals surface area (Å²) in [5.41, 5.74) is 11.2. The molecule has 2 aliphatic carbocycles. The van der Waals surface area contributed by atoms with E-state index in [-0.39, 0.29) is 5.92 Å². The Bertz CT molecular complexity index is 1650. The number of rotatable bonds is 4. The van der Waals surface area contributed by atoms with Crippen molar-refractivity contribution in [3.05, 3.63) is 131 Å². The Hall–Kier alpha value is -4.42. The summed E-state index contributed by atoms with van der Waals surface area (Å²) >= 11 is 0. The van der Waals surface area contributed by atoms with Gasteiger partial charge in [-0.2, -0.15) is 5.26 Å². The van der Waals surface area contributed by atoms with Crippen molar-refractivity contribution in [3.8, 4) is 17.2 Å². The first-order valence-electron chi connectivity index (χ1n) is 14.5. The van der Waals surface area contributed by atoms with Crippen molar-refractivity contribution in [1.29, 1.82) is 5.26 Å². The number of fused-ring (bicyclic) bond motifs is 3. The number of hydrogen-bond acceptors (Lipinski definition) is 3. The fraction of sp³-hybridized carbons (Fsp3) is 0.243. The van der Waals surface area contributed by atoms with Crippen LogP contribution < -0.4 is 4.90 Å². The van der Waals surface area contributed by atoms with Crippen LogP contribution in [0.3, 0.4) is 0 Å². The van der Waals surface area contributed by atoms with Gasteiger partial charge in [0.2, 0.25) is 0 Å². The standard InChI is InChI=1S/C37H33N3/c1-25-13-15-36-34(19-25)35-22-29(26-7-3-2-4-8-26)14-16-37(35)40(36)32-12-6-10-28(21-32)27-9-5-11-30(20-27)33-17-18-39-24-31(33)23-38/h2-5,7-11,13-16,18,20-22,24-25,33-34,36H,6,12,17,19H2,1H3. The van der Waals surface area contributed by atoms with E-state index in [9.17, 15) is 5.26 Å². The van der Waals surface area contributed by atoms with E-state index >= 15 is 0 Å². The largest absolute Gasteiger partial charge is 0.337 e. The van der Waals surface area contributed by atoms with E-state index in [1.807, 2.05) is 6.21 Å². The highest BCUT2D eigenvalue weighted by atomic mass is 15.2. The third kappa shape index (κ3) is 4.34. The van der Waals surface area contributed by atoms with Gasteiger partial charge in [0.15, 0.2) is 0 Å². The molecule has 0 saturated heterocycles. The van der Waals surface area contributed by atoms with Gasteiger partial charge in [0.05, 0.1) is 17.7 Å². The molecule has 3 heteroatoms. The van der Waals surface area contributed by atoms with Crippen LogP contribution in [0.1, 0.15) is 61.1 Å². The van der Waals surface area contributed by atoms with Gasteiger partial charge in [0.1, 0.15) is 0 Å². The Morgan fingerprint density at radius 3 is 2.67 bits per heavy atom. The number of benzene rings is 3. The highest BCUT2D eigenvalue weighted by Gasteiger charge is 2.41. The molecule has 3 aromatic rings. The van der Waals surface area contributed by atoms with Gasteiger partial charge >= 0.3 is 0 Å². The lowest BCUT2D eigenvalue weighted by molar-refractivity contribution is 0.483. The molecule has 0 spiro atoms. The van der Waals surface area contributed by atoms with Crippen molar-refractivity contribution in [2.45, 2.75) is 50.5 Å². The Kier molecular flexibility index (Phi) is 6.33. The van der Waals surface area contributed by atoms with E-state index < -0.39 is 0 Å².